The van der Waals surface area contributed by atoms with Crippen LogP contribution in [-0.2, 0) is 21.2 Å². The standard InChI is InChI=1S/C22H30N2O4S/c1-16-8-6-9-19(14-16)10-7-13-23-22(25)18(3)24(29(5,26)27)20-15-17(2)11-12-21(20)28-4/h6,8-9,11-12,14-15,18H,7,10,13H2,1-5H3,(H,23,25)/t18-/m0/s1. The highest BCUT2D eigenvalue weighted by molar-refractivity contribution is 7.92. The number of rotatable bonds is 9. The van der Waals surface area contributed by atoms with Crippen LogP contribution >= 0.6 is 0 Å². The van der Waals surface area contributed by atoms with Crippen LogP contribution in [0, 0.1) is 13.8 Å². The highest BCUT2D eigenvalue weighted by Gasteiger charge is 2.31. The van der Waals surface area contributed by atoms with Crippen molar-refractivity contribution in [3.63, 3.8) is 0 Å². The Morgan fingerprint density at radius 3 is 2.45 bits per heavy atom. The summed E-state index contributed by atoms with van der Waals surface area (Å²) in [5, 5.41) is 2.86. The molecule has 0 aliphatic heterocycles. The van der Waals surface area contributed by atoms with E-state index in [4.69, 9.17) is 4.74 Å². The number of aryl methyl sites for hydroxylation is 3. The summed E-state index contributed by atoms with van der Waals surface area (Å²) in [6.45, 7) is 5.96. The lowest BCUT2D eigenvalue weighted by atomic mass is 10.1. The van der Waals surface area contributed by atoms with Crippen molar-refractivity contribution in [2.75, 3.05) is 24.2 Å². The van der Waals surface area contributed by atoms with Crippen LogP contribution in [0.1, 0.15) is 30.0 Å². The molecule has 1 amide bonds. The third-order valence-corrected chi connectivity index (χ3v) is 5.91. The van der Waals surface area contributed by atoms with E-state index >= 15 is 0 Å². The average molecular weight is 419 g/mol. The zero-order valence-electron chi connectivity index (χ0n) is 17.7. The Morgan fingerprint density at radius 1 is 1.14 bits per heavy atom. The van der Waals surface area contributed by atoms with Crippen molar-refractivity contribution < 1.29 is 17.9 Å². The number of amides is 1. The summed E-state index contributed by atoms with van der Waals surface area (Å²) < 4.78 is 31.4. The van der Waals surface area contributed by atoms with Gasteiger partial charge in [0.2, 0.25) is 15.9 Å². The van der Waals surface area contributed by atoms with Gasteiger partial charge in [-0.3, -0.25) is 9.10 Å². The maximum Gasteiger partial charge on any atom is 0.243 e. The van der Waals surface area contributed by atoms with Crippen LogP contribution in [0.25, 0.3) is 0 Å². The number of carbonyl (C=O) groups excluding carboxylic acids is 1. The Hall–Kier alpha value is -2.54. The van der Waals surface area contributed by atoms with Gasteiger partial charge in [-0.1, -0.05) is 35.9 Å². The summed E-state index contributed by atoms with van der Waals surface area (Å²) in [4.78, 5) is 12.7. The molecule has 0 radical (unpaired) electrons. The topological polar surface area (TPSA) is 75.7 Å². The lowest BCUT2D eigenvalue weighted by molar-refractivity contribution is -0.121. The fourth-order valence-electron chi connectivity index (χ4n) is 3.27. The quantitative estimate of drug-likeness (QED) is 0.635. The molecule has 0 aliphatic carbocycles. The van der Waals surface area contributed by atoms with E-state index in [1.165, 1.54) is 18.2 Å². The first-order valence-electron chi connectivity index (χ1n) is 9.60. The molecule has 1 N–H and O–H groups in total. The van der Waals surface area contributed by atoms with Gasteiger partial charge in [-0.05, 0) is 56.9 Å². The first kappa shape index (κ1) is 22.7. The minimum absolute atomic E-state index is 0.344. The molecule has 7 heteroatoms. The maximum atomic E-state index is 12.7. The first-order chi connectivity index (χ1) is 13.6. The number of hydrogen-bond acceptors (Lipinski definition) is 4. The fourth-order valence-corrected chi connectivity index (χ4v) is 4.44. The third kappa shape index (κ3) is 6.22. The molecule has 0 bridgehead atoms. The van der Waals surface area contributed by atoms with Crippen LogP contribution in [0.4, 0.5) is 5.69 Å². The summed E-state index contributed by atoms with van der Waals surface area (Å²) in [5.74, 6) is 0.0587. The summed E-state index contributed by atoms with van der Waals surface area (Å²) in [7, 11) is -2.22. The molecule has 0 aromatic heterocycles. The Labute approximate surface area is 173 Å². The van der Waals surface area contributed by atoms with Gasteiger partial charge in [-0.15, -0.1) is 0 Å². The number of methoxy groups -OCH3 is 1. The zero-order chi connectivity index (χ0) is 21.6. The molecule has 1 atom stereocenters. The van der Waals surface area contributed by atoms with Gasteiger partial charge in [0.05, 0.1) is 19.1 Å². The van der Waals surface area contributed by atoms with Crippen molar-refractivity contribution >= 4 is 21.6 Å². The largest absolute Gasteiger partial charge is 0.495 e. The number of anilines is 1. The second-order valence-corrected chi connectivity index (χ2v) is 9.15. The molecule has 29 heavy (non-hydrogen) atoms. The van der Waals surface area contributed by atoms with E-state index in [1.54, 1.807) is 19.1 Å². The van der Waals surface area contributed by atoms with E-state index < -0.39 is 16.1 Å². The predicted molar refractivity (Wildman–Crippen MR) is 117 cm³/mol. The number of nitrogens with zero attached hydrogens (tertiary/aromatic N) is 1. The van der Waals surface area contributed by atoms with Crippen LogP contribution in [0.2, 0.25) is 0 Å². The van der Waals surface area contributed by atoms with Crippen LogP contribution in [0.3, 0.4) is 0 Å². The highest BCUT2D eigenvalue weighted by Crippen LogP contribution is 2.32. The molecule has 2 aromatic carbocycles. The number of benzene rings is 2. The Morgan fingerprint density at radius 2 is 1.83 bits per heavy atom. The molecule has 6 nitrogen and oxygen atoms in total. The van der Waals surface area contributed by atoms with Crippen molar-refractivity contribution in [2.45, 2.75) is 39.7 Å². The van der Waals surface area contributed by atoms with Gasteiger partial charge in [0.25, 0.3) is 0 Å². The number of ether oxygens (including phenoxy) is 1. The van der Waals surface area contributed by atoms with Crippen LogP contribution < -0.4 is 14.4 Å². The zero-order valence-corrected chi connectivity index (χ0v) is 18.5. The summed E-state index contributed by atoms with van der Waals surface area (Å²) >= 11 is 0. The third-order valence-electron chi connectivity index (χ3n) is 4.68. The summed E-state index contributed by atoms with van der Waals surface area (Å²) in [6, 6.07) is 12.6. The predicted octanol–water partition coefficient (Wildman–Crippen LogP) is 3.22. The molecule has 0 saturated carbocycles. The SMILES string of the molecule is COc1ccc(C)cc1N([C@@H](C)C(=O)NCCCc1cccc(C)c1)S(C)(=O)=O. The molecule has 0 heterocycles. The van der Waals surface area contributed by atoms with Crippen LogP contribution in [-0.4, -0.2) is 40.3 Å². The van der Waals surface area contributed by atoms with Crippen LogP contribution in [0.15, 0.2) is 42.5 Å². The molecular weight excluding hydrogens is 388 g/mol. The minimum atomic E-state index is -3.70. The van der Waals surface area contributed by atoms with Gasteiger partial charge in [0, 0.05) is 6.54 Å². The normalized spacial score (nSPS) is 12.3. The molecule has 0 unspecified atom stereocenters. The van der Waals surface area contributed by atoms with Crippen molar-refractivity contribution in [1.82, 2.24) is 5.32 Å². The second-order valence-electron chi connectivity index (χ2n) is 7.29. The number of nitrogens with one attached hydrogen (secondary N) is 1. The smallest absolute Gasteiger partial charge is 0.243 e. The van der Waals surface area contributed by atoms with Crippen molar-refractivity contribution in [2.24, 2.45) is 0 Å². The van der Waals surface area contributed by atoms with Gasteiger partial charge < -0.3 is 10.1 Å². The van der Waals surface area contributed by atoms with Gasteiger partial charge in [-0.25, -0.2) is 8.42 Å². The molecule has 0 saturated heterocycles. The molecule has 0 fully saturated rings. The average Bonchev–Trinajstić information content (AvgIpc) is 2.64. The van der Waals surface area contributed by atoms with E-state index in [-0.39, 0.29) is 5.91 Å². The van der Waals surface area contributed by atoms with Crippen LogP contribution in [0.5, 0.6) is 5.75 Å². The van der Waals surface area contributed by atoms with E-state index in [9.17, 15) is 13.2 Å². The fraction of sp³-hybridized carbons (Fsp3) is 0.409. The maximum absolute atomic E-state index is 12.7. The number of carbonyl (C=O) groups is 1. The first-order valence-corrected chi connectivity index (χ1v) is 11.5. The van der Waals surface area contributed by atoms with Crippen molar-refractivity contribution in [3.05, 3.63) is 59.2 Å². The van der Waals surface area contributed by atoms with E-state index in [1.807, 2.05) is 32.0 Å². The Kier molecular flexibility index (Phi) is 7.67. The van der Waals surface area contributed by atoms with Crippen molar-refractivity contribution in [3.8, 4) is 5.75 Å². The molecule has 0 aliphatic rings. The second kappa shape index (κ2) is 9.78. The molecule has 2 rings (SSSR count). The number of hydrogen-bond donors (Lipinski definition) is 1. The van der Waals surface area contributed by atoms with Gasteiger partial charge >= 0.3 is 0 Å². The monoisotopic (exact) mass is 418 g/mol. The summed E-state index contributed by atoms with van der Waals surface area (Å²) in [5.41, 5.74) is 3.66. The van der Waals surface area contributed by atoms with E-state index in [2.05, 4.69) is 17.4 Å². The molecule has 2 aromatic rings. The van der Waals surface area contributed by atoms with Gasteiger partial charge in [0.15, 0.2) is 0 Å². The highest BCUT2D eigenvalue weighted by atomic mass is 32.2. The van der Waals surface area contributed by atoms with Gasteiger partial charge in [-0.2, -0.15) is 0 Å². The van der Waals surface area contributed by atoms with E-state index in [0.29, 0.717) is 18.0 Å². The minimum Gasteiger partial charge on any atom is -0.495 e. The molecular formula is C22H30N2O4S. The van der Waals surface area contributed by atoms with E-state index in [0.717, 1.165) is 29.0 Å². The Bertz CT molecular complexity index is 957. The lowest BCUT2D eigenvalue weighted by Crippen LogP contribution is -2.48. The molecule has 0 spiro atoms. The van der Waals surface area contributed by atoms with Crippen molar-refractivity contribution in [1.29, 1.82) is 0 Å². The lowest BCUT2D eigenvalue weighted by Gasteiger charge is -2.29. The number of sulfonamides is 1. The summed E-state index contributed by atoms with van der Waals surface area (Å²) in [6.07, 6.45) is 2.71. The van der Waals surface area contributed by atoms with Gasteiger partial charge in [0.1, 0.15) is 11.8 Å². The molecule has 158 valence electrons. The Balaban J connectivity index is 2.08.